The number of furan rings is 1. The predicted octanol–water partition coefficient (Wildman–Crippen LogP) is 4.70. The lowest BCUT2D eigenvalue weighted by Gasteiger charge is -1.93. The van der Waals surface area contributed by atoms with E-state index in [1.54, 1.807) is 0 Å². The third-order valence-electron chi connectivity index (χ3n) is 3.67. The fraction of sp³-hybridized carbons (Fsp3) is 0.118. The van der Waals surface area contributed by atoms with Crippen molar-refractivity contribution in [2.24, 2.45) is 0 Å². The highest BCUT2D eigenvalue weighted by Gasteiger charge is 2.17. The Bertz CT molecular complexity index is 889. The van der Waals surface area contributed by atoms with Crippen molar-refractivity contribution in [2.75, 3.05) is 0 Å². The lowest BCUT2D eigenvalue weighted by atomic mass is 10.1. The van der Waals surface area contributed by atoms with Crippen LogP contribution in [0.4, 0.5) is 0 Å². The summed E-state index contributed by atoms with van der Waals surface area (Å²) in [7, 11) is 0. The molecule has 0 atom stereocenters. The maximum absolute atomic E-state index is 5.95. The highest BCUT2D eigenvalue weighted by Crippen LogP contribution is 2.38. The summed E-state index contributed by atoms with van der Waals surface area (Å²) in [6, 6.07) is 14.5. The Balaban J connectivity index is 2.34. The second-order valence-electron chi connectivity index (χ2n) is 5.01. The van der Waals surface area contributed by atoms with Crippen molar-refractivity contribution < 1.29 is 4.42 Å². The molecule has 92 valence electrons. The molecule has 1 aromatic heterocycles. The van der Waals surface area contributed by atoms with Crippen molar-refractivity contribution in [3.63, 3.8) is 0 Å². The van der Waals surface area contributed by atoms with Gasteiger partial charge in [-0.05, 0) is 37.6 Å². The van der Waals surface area contributed by atoms with E-state index in [9.17, 15) is 0 Å². The number of fused-ring (bicyclic) bond motifs is 5. The molecular formula is C17H13NO. The average molecular weight is 247 g/mol. The lowest BCUT2D eigenvalue weighted by molar-refractivity contribution is 0.580. The van der Waals surface area contributed by atoms with Crippen LogP contribution in [0.3, 0.4) is 0 Å². The first kappa shape index (κ1) is 10.6. The zero-order valence-corrected chi connectivity index (χ0v) is 10.9. The summed E-state index contributed by atoms with van der Waals surface area (Å²) in [5.41, 5.74) is 5.30. The van der Waals surface area contributed by atoms with E-state index in [-0.39, 0.29) is 0 Å². The van der Waals surface area contributed by atoms with E-state index in [1.807, 2.05) is 25.1 Å². The third kappa shape index (κ3) is 1.40. The Morgan fingerprint density at radius 1 is 0.947 bits per heavy atom. The number of rotatable bonds is 0. The number of benzene rings is 1. The van der Waals surface area contributed by atoms with Gasteiger partial charge in [-0.25, -0.2) is 4.98 Å². The number of aryl methyl sites for hydroxylation is 2. The Hall–Kier alpha value is -2.35. The van der Waals surface area contributed by atoms with Gasteiger partial charge < -0.3 is 4.42 Å². The molecule has 2 heteroatoms. The highest BCUT2D eigenvalue weighted by molar-refractivity contribution is 6.08. The molecule has 0 saturated carbocycles. The normalized spacial score (nSPS) is 11.7. The van der Waals surface area contributed by atoms with E-state index in [2.05, 4.69) is 31.2 Å². The molecule has 4 rings (SSSR count). The zero-order valence-electron chi connectivity index (χ0n) is 10.9. The topological polar surface area (TPSA) is 26.0 Å². The van der Waals surface area contributed by atoms with Crippen molar-refractivity contribution in [1.82, 2.24) is 4.98 Å². The van der Waals surface area contributed by atoms with E-state index in [1.165, 1.54) is 10.9 Å². The summed E-state index contributed by atoms with van der Waals surface area (Å²) < 4.78 is 5.95. The molecule has 0 radical (unpaired) electrons. The second kappa shape index (κ2) is 3.58. The van der Waals surface area contributed by atoms with Crippen molar-refractivity contribution in [3.05, 3.63) is 53.8 Å². The molecule has 1 aromatic carbocycles. The molecule has 0 bridgehead atoms. The van der Waals surface area contributed by atoms with Crippen molar-refractivity contribution >= 4 is 21.9 Å². The molecule has 0 amide bonds. The smallest absolute Gasteiger partial charge is 0.144 e. The van der Waals surface area contributed by atoms with Gasteiger partial charge in [-0.2, -0.15) is 0 Å². The standard InChI is InChI=1S/C17H13NO/c1-10-7-8-15-16(17-13(10)9-11(2)19-17)12-5-3-4-6-14(12)18-15/h3-9H,1-2H3. The minimum absolute atomic E-state index is 0.941. The minimum Gasteiger partial charge on any atom is -0.461 e. The monoisotopic (exact) mass is 247 g/mol. The van der Waals surface area contributed by atoms with E-state index in [0.29, 0.717) is 0 Å². The van der Waals surface area contributed by atoms with Gasteiger partial charge >= 0.3 is 0 Å². The van der Waals surface area contributed by atoms with Crippen LogP contribution in [0.15, 0.2) is 46.9 Å². The molecule has 19 heavy (non-hydrogen) atoms. The molecule has 0 N–H and O–H groups in total. The van der Waals surface area contributed by atoms with Crippen LogP contribution in [0.25, 0.3) is 33.1 Å². The number of para-hydroxylation sites is 1. The quantitative estimate of drug-likeness (QED) is 0.450. The molecule has 1 aliphatic heterocycles. The molecule has 0 spiro atoms. The van der Waals surface area contributed by atoms with Crippen LogP contribution in [0.1, 0.15) is 11.3 Å². The van der Waals surface area contributed by atoms with Crippen LogP contribution in [0, 0.1) is 13.8 Å². The van der Waals surface area contributed by atoms with Crippen molar-refractivity contribution in [1.29, 1.82) is 0 Å². The molecule has 0 saturated heterocycles. The molecule has 2 heterocycles. The van der Waals surface area contributed by atoms with Crippen LogP contribution < -0.4 is 0 Å². The largest absolute Gasteiger partial charge is 0.461 e. The zero-order chi connectivity index (χ0) is 13.0. The molecular weight excluding hydrogens is 234 g/mol. The van der Waals surface area contributed by atoms with Crippen molar-refractivity contribution in [3.8, 4) is 11.3 Å². The molecule has 0 fully saturated rings. The second-order valence-corrected chi connectivity index (χ2v) is 5.01. The highest BCUT2D eigenvalue weighted by atomic mass is 16.3. The SMILES string of the molecule is Cc1cc2c(C)ccc3nc4ccccc4c-3c2o1. The third-order valence-corrected chi connectivity index (χ3v) is 3.67. The molecule has 1 aliphatic carbocycles. The van der Waals surface area contributed by atoms with E-state index in [0.717, 1.165) is 33.5 Å². The molecule has 2 aromatic rings. The van der Waals surface area contributed by atoms with Gasteiger partial charge in [0.15, 0.2) is 0 Å². The van der Waals surface area contributed by atoms with Crippen LogP contribution in [0.5, 0.6) is 0 Å². The van der Waals surface area contributed by atoms with Crippen LogP contribution in [0.2, 0.25) is 0 Å². The minimum atomic E-state index is 0.941. The Morgan fingerprint density at radius 3 is 2.68 bits per heavy atom. The summed E-state index contributed by atoms with van der Waals surface area (Å²) in [5, 5.41) is 2.33. The van der Waals surface area contributed by atoms with Gasteiger partial charge in [-0.3, -0.25) is 0 Å². The summed E-state index contributed by atoms with van der Waals surface area (Å²) in [5.74, 6) is 0.941. The first-order valence-corrected chi connectivity index (χ1v) is 6.42. The van der Waals surface area contributed by atoms with E-state index >= 15 is 0 Å². The van der Waals surface area contributed by atoms with Crippen LogP contribution in [-0.2, 0) is 0 Å². The summed E-state index contributed by atoms with van der Waals surface area (Å²) >= 11 is 0. The Labute approximate surface area is 111 Å². The fourth-order valence-corrected chi connectivity index (χ4v) is 2.75. The first-order valence-electron chi connectivity index (χ1n) is 6.42. The van der Waals surface area contributed by atoms with Gasteiger partial charge in [-0.1, -0.05) is 24.3 Å². The maximum atomic E-state index is 5.95. The fourth-order valence-electron chi connectivity index (χ4n) is 2.75. The van der Waals surface area contributed by atoms with Gasteiger partial charge in [0.2, 0.25) is 0 Å². The summed E-state index contributed by atoms with van der Waals surface area (Å²) in [6.07, 6.45) is 0. The van der Waals surface area contributed by atoms with Gasteiger partial charge in [0.05, 0.1) is 16.8 Å². The average Bonchev–Trinajstić information content (AvgIpc) is 2.92. The van der Waals surface area contributed by atoms with Crippen LogP contribution >= 0.6 is 0 Å². The molecule has 2 nitrogen and oxygen atoms in total. The van der Waals surface area contributed by atoms with Gasteiger partial charge in [0, 0.05) is 10.8 Å². The van der Waals surface area contributed by atoms with Gasteiger partial charge in [-0.15, -0.1) is 0 Å². The summed E-state index contributed by atoms with van der Waals surface area (Å²) in [6.45, 7) is 4.10. The van der Waals surface area contributed by atoms with Gasteiger partial charge in [0.1, 0.15) is 11.3 Å². The maximum Gasteiger partial charge on any atom is 0.144 e. The number of hydrogen-bond donors (Lipinski definition) is 0. The predicted molar refractivity (Wildman–Crippen MR) is 77.6 cm³/mol. The summed E-state index contributed by atoms with van der Waals surface area (Å²) in [4.78, 5) is 4.70. The van der Waals surface area contributed by atoms with Gasteiger partial charge in [0.25, 0.3) is 0 Å². The van der Waals surface area contributed by atoms with Crippen molar-refractivity contribution in [2.45, 2.75) is 13.8 Å². The molecule has 0 unspecified atom stereocenters. The van der Waals surface area contributed by atoms with E-state index < -0.39 is 0 Å². The Morgan fingerprint density at radius 2 is 1.79 bits per heavy atom. The Kier molecular flexibility index (Phi) is 1.99. The van der Waals surface area contributed by atoms with E-state index in [4.69, 9.17) is 9.40 Å². The number of nitrogens with zero attached hydrogens (tertiary/aromatic N) is 1. The number of aromatic nitrogens is 1. The first-order chi connectivity index (χ1) is 9.24. The molecule has 2 aliphatic rings. The van der Waals surface area contributed by atoms with Crippen LogP contribution in [-0.4, -0.2) is 4.98 Å². The number of hydrogen-bond acceptors (Lipinski definition) is 2. The lowest BCUT2D eigenvalue weighted by Crippen LogP contribution is -1.70.